The molecule has 24 unspecified atom stereocenters. The topological polar surface area (TPSA) is 315 Å². The molecule has 0 amide bonds. The monoisotopic (exact) mass is 944 g/mol. The molecule has 66 heavy (non-hydrogen) atoms. The van der Waals surface area contributed by atoms with E-state index in [2.05, 4.69) is 40.7 Å². The first-order chi connectivity index (χ1) is 30.9. The Labute approximate surface area is 385 Å². The van der Waals surface area contributed by atoms with Gasteiger partial charge in [-0.05, 0) is 97.2 Å². The molecule has 0 aromatic heterocycles. The Hall–Kier alpha value is -1.47. The molecule has 4 saturated carbocycles. The molecule has 12 N–H and O–H groups in total. The summed E-state index contributed by atoms with van der Waals surface area (Å²) in [7, 11) is 0. The van der Waals surface area contributed by atoms with Crippen molar-refractivity contribution in [3.8, 4) is 0 Å². The lowest BCUT2D eigenvalue weighted by Crippen LogP contribution is -2.70. The van der Waals surface area contributed by atoms with E-state index in [1.54, 1.807) is 0 Å². The predicted octanol–water partition coefficient (Wildman–Crippen LogP) is -0.711. The molecule has 24 atom stereocenters. The van der Waals surface area contributed by atoms with Gasteiger partial charge in [0.25, 0.3) is 0 Å². The van der Waals surface area contributed by atoms with Crippen LogP contribution in [-0.2, 0) is 33.2 Å². The molecule has 3 heterocycles. The van der Waals surface area contributed by atoms with Crippen molar-refractivity contribution >= 4 is 5.97 Å². The van der Waals surface area contributed by atoms with E-state index in [0.29, 0.717) is 25.7 Å². The molecule has 3 aliphatic heterocycles. The Morgan fingerprint density at radius 1 is 0.667 bits per heavy atom. The lowest BCUT2D eigenvalue weighted by molar-refractivity contribution is -0.385. The summed E-state index contributed by atoms with van der Waals surface area (Å²) in [4.78, 5) is 13.1. The van der Waals surface area contributed by atoms with Crippen LogP contribution in [0.1, 0.15) is 99.3 Å². The highest BCUT2D eigenvalue weighted by Gasteiger charge is 2.71. The summed E-state index contributed by atoms with van der Waals surface area (Å²) in [6.07, 6.45) is -17.8. The van der Waals surface area contributed by atoms with E-state index >= 15 is 0 Å². The number of carboxylic acid groups (broad SMARTS) is 1. The first kappa shape index (κ1) is 50.9. The van der Waals surface area contributed by atoms with Gasteiger partial charge in [0.2, 0.25) is 0 Å². The minimum Gasteiger partial charge on any atom is -0.481 e. The van der Waals surface area contributed by atoms with Crippen LogP contribution in [0.4, 0.5) is 0 Å². The third kappa shape index (κ3) is 7.77. The minimum atomic E-state index is -1.94. The van der Waals surface area contributed by atoms with Crippen LogP contribution in [0.3, 0.4) is 0 Å². The number of aliphatic hydroxyl groups excluding tert-OH is 11. The molecule has 5 aliphatic carbocycles. The Morgan fingerprint density at radius 3 is 1.82 bits per heavy atom. The van der Waals surface area contributed by atoms with Gasteiger partial charge in [-0.25, -0.2) is 0 Å². The second-order valence-corrected chi connectivity index (χ2v) is 23.0. The maximum absolute atomic E-state index is 13.1. The van der Waals surface area contributed by atoms with Gasteiger partial charge in [-0.1, -0.05) is 53.2 Å². The molecule has 3 saturated heterocycles. The van der Waals surface area contributed by atoms with Crippen molar-refractivity contribution in [1.29, 1.82) is 0 Å². The molecule has 8 aliphatic rings. The zero-order valence-electron chi connectivity index (χ0n) is 39.0. The summed E-state index contributed by atoms with van der Waals surface area (Å²) < 4.78 is 35.1. The number of carbonyl (C=O) groups is 1. The smallest absolute Gasteiger partial charge is 0.310 e. The zero-order valence-corrected chi connectivity index (χ0v) is 39.0. The first-order valence-electron chi connectivity index (χ1n) is 24.0. The number of hydrogen-bond acceptors (Lipinski definition) is 18. The number of aliphatic carboxylic acids is 1. The van der Waals surface area contributed by atoms with Crippen LogP contribution in [0.5, 0.6) is 0 Å². The van der Waals surface area contributed by atoms with Crippen molar-refractivity contribution in [2.45, 2.75) is 198 Å². The van der Waals surface area contributed by atoms with Crippen molar-refractivity contribution < 1.29 is 94.5 Å². The summed E-state index contributed by atoms with van der Waals surface area (Å²) in [6, 6.07) is 0. The second kappa shape index (κ2) is 18.0. The second-order valence-electron chi connectivity index (χ2n) is 23.0. The highest BCUT2D eigenvalue weighted by Crippen LogP contribution is 2.76. The number of rotatable bonds is 10. The standard InChI is InChI=1S/C47H76O19/c1-42(2)11-13-47(41(59)60)14-12-45(5)21(22(47)15-42)7-8-28-43(3)16-23(51)37(44(4,20-50)27(43)9-10-46(28,45)6)66-40-34(58)36(31(55)26(18-49)63-40)65-39-33(57)35(30(54)25(17-48)62-39)64-38-32(56)29(53)24(52)19-61-38/h7,22-40,48-58H,8-20H2,1-6H3,(H,59,60). The van der Waals surface area contributed by atoms with E-state index in [1.165, 1.54) is 5.57 Å². The van der Waals surface area contributed by atoms with E-state index in [0.717, 1.165) is 25.7 Å². The molecule has 0 bridgehead atoms. The molecule has 19 nitrogen and oxygen atoms in total. The van der Waals surface area contributed by atoms with E-state index in [4.69, 9.17) is 28.4 Å². The third-order valence-electron chi connectivity index (χ3n) is 19.1. The Bertz CT molecular complexity index is 1800. The van der Waals surface area contributed by atoms with Crippen LogP contribution in [0.15, 0.2) is 11.6 Å². The molecule has 0 aromatic rings. The van der Waals surface area contributed by atoms with Crippen LogP contribution in [-0.4, -0.2) is 192 Å². The molecule has 0 radical (unpaired) electrons. The number of fused-ring (bicyclic) bond motifs is 7. The van der Waals surface area contributed by atoms with E-state index in [9.17, 15) is 66.1 Å². The van der Waals surface area contributed by atoms with Crippen molar-refractivity contribution in [2.75, 3.05) is 26.4 Å². The average molecular weight is 945 g/mol. The van der Waals surface area contributed by atoms with Gasteiger partial charge in [0.15, 0.2) is 18.9 Å². The van der Waals surface area contributed by atoms with Crippen molar-refractivity contribution in [3.63, 3.8) is 0 Å². The van der Waals surface area contributed by atoms with Crippen LogP contribution in [0.25, 0.3) is 0 Å². The summed E-state index contributed by atoms with van der Waals surface area (Å²) in [5.41, 5.74) is -1.71. The maximum atomic E-state index is 13.1. The fraction of sp³-hybridized carbons (Fsp3) is 0.936. The minimum absolute atomic E-state index is 0.00989. The van der Waals surface area contributed by atoms with E-state index in [1.807, 2.05) is 6.92 Å². The number of hydrogen-bond donors (Lipinski definition) is 12. The van der Waals surface area contributed by atoms with Crippen LogP contribution >= 0.6 is 0 Å². The highest BCUT2D eigenvalue weighted by molar-refractivity contribution is 5.76. The molecular formula is C47H76O19. The van der Waals surface area contributed by atoms with Gasteiger partial charge in [0.05, 0.1) is 44.1 Å². The molecule has 378 valence electrons. The molecule has 7 fully saturated rings. The van der Waals surface area contributed by atoms with Crippen molar-refractivity contribution in [2.24, 2.45) is 50.2 Å². The number of ether oxygens (including phenoxy) is 6. The Morgan fingerprint density at radius 2 is 1.24 bits per heavy atom. The van der Waals surface area contributed by atoms with Gasteiger partial charge in [-0.15, -0.1) is 0 Å². The first-order valence-corrected chi connectivity index (χ1v) is 24.0. The van der Waals surface area contributed by atoms with Gasteiger partial charge in [0.1, 0.15) is 67.1 Å². The van der Waals surface area contributed by atoms with Gasteiger partial charge in [-0.3, -0.25) is 4.79 Å². The van der Waals surface area contributed by atoms with E-state index in [-0.39, 0.29) is 40.4 Å². The van der Waals surface area contributed by atoms with Crippen LogP contribution in [0.2, 0.25) is 0 Å². The molecule has 0 aromatic carbocycles. The zero-order chi connectivity index (χ0) is 48.3. The highest BCUT2D eigenvalue weighted by atomic mass is 16.8. The SMILES string of the molecule is CC1(C)CCC2(C(=O)O)CCC3(C)C(=CCC4C5(C)CC(O)C(OC6OC(CO)C(O)C(OC7OC(CO)C(O)C(OC8OCC(O)C(O)C8O)C7O)C6O)C(C)(CO)C5CCC43C)C2C1. The van der Waals surface area contributed by atoms with Crippen molar-refractivity contribution in [3.05, 3.63) is 11.6 Å². The summed E-state index contributed by atoms with van der Waals surface area (Å²) in [6.45, 7) is 10.7. The lowest BCUT2D eigenvalue weighted by Gasteiger charge is -2.71. The number of carboxylic acids is 1. The predicted molar refractivity (Wildman–Crippen MR) is 227 cm³/mol. The lowest BCUT2D eigenvalue weighted by atomic mass is 9.33. The fourth-order valence-electron chi connectivity index (χ4n) is 15.0. The van der Waals surface area contributed by atoms with E-state index < -0.39 is 147 Å². The van der Waals surface area contributed by atoms with Crippen LogP contribution < -0.4 is 0 Å². The molecule has 19 heteroatoms. The average Bonchev–Trinajstić information content (AvgIpc) is 3.26. The largest absolute Gasteiger partial charge is 0.481 e. The van der Waals surface area contributed by atoms with Gasteiger partial charge >= 0.3 is 5.97 Å². The molecular weight excluding hydrogens is 868 g/mol. The third-order valence-corrected chi connectivity index (χ3v) is 19.1. The van der Waals surface area contributed by atoms with Crippen LogP contribution in [0, 0.1) is 50.2 Å². The van der Waals surface area contributed by atoms with Gasteiger partial charge < -0.3 is 89.7 Å². The quantitative estimate of drug-likeness (QED) is 0.0951. The normalized spacial score (nSPS) is 54.8. The maximum Gasteiger partial charge on any atom is 0.310 e. The van der Waals surface area contributed by atoms with Gasteiger partial charge in [-0.2, -0.15) is 0 Å². The number of aliphatic hydroxyl groups is 11. The summed E-state index contributed by atoms with van der Waals surface area (Å²) in [5, 5.41) is 131. The molecule has 8 rings (SSSR count). The molecule has 0 spiro atoms. The number of allylic oxidation sites excluding steroid dienone is 2. The van der Waals surface area contributed by atoms with Crippen molar-refractivity contribution in [1.82, 2.24) is 0 Å². The van der Waals surface area contributed by atoms with Gasteiger partial charge in [0, 0.05) is 5.41 Å². The summed E-state index contributed by atoms with van der Waals surface area (Å²) >= 11 is 0. The Kier molecular flexibility index (Phi) is 13.9. The summed E-state index contributed by atoms with van der Waals surface area (Å²) in [5.74, 6) is -0.931. The Balaban J connectivity index is 1.03. The fourth-order valence-corrected chi connectivity index (χ4v) is 15.0.